The molecule has 1 N–H and O–H groups in total. The first-order valence-corrected chi connectivity index (χ1v) is 6.59. The Kier molecular flexibility index (Phi) is 3.76. The fraction of sp³-hybridized carbons (Fsp3) is 1.00. The summed E-state index contributed by atoms with van der Waals surface area (Å²) >= 11 is 0. The van der Waals surface area contributed by atoms with Gasteiger partial charge in [-0.05, 0) is 26.8 Å². The molecule has 15 heavy (non-hydrogen) atoms. The fourth-order valence-corrected chi connectivity index (χ4v) is 3.20. The average Bonchev–Trinajstić information content (AvgIpc) is 2.25. The maximum atomic E-state index is 12.1. The van der Waals surface area contributed by atoms with Crippen molar-refractivity contribution in [2.24, 2.45) is 0 Å². The predicted molar refractivity (Wildman–Crippen MR) is 60.9 cm³/mol. The Morgan fingerprint density at radius 3 is 2.47 bits per heavy atom. The largest absolute Gasteiger partial charge is 0.315 e. The number of hydrogen-bond donors (Lipinski definition) is 1. The maximum Gasteiger partial charge on any atom is 0.282 e. The van der Waals surface area contributed by atoms with E-state index in [-0.39, 0.29) is 5.54 Å². The van der Waals surface area contributed by atoms with E-state index in [2.05, 4.69) is 5.32 Å². The van der Waals surface area contributed by atoms with E-state index in [1.165, 1.54) is 4.31 Å². The smallest absolute Gasteiger partial charge is 0.282 e. The van der Waals surface area contributed by atoms with E-state index in [4.69, 9.17) is 0 Å². The van der Waals surface area contributed by atoms with Gasteiger partial charge in [0.2, 0.25) is 0 Å². The molecule has 90 valence electrons. The number of nitrogens with zero attached hydrogens (tertiary/aromatic N) is 2. The van der Waals surface area contributed by atoms with Crippen molar-refractivity contribution in [3.05, 3.63) is 0 Å². The fourth-order valence-electron chi connectivity index (χ4n) is 1.76. The average molecular weight is 235 g/mol. The maximum absolute atomic E-state index is 12.1. The molecule has 0 atom stereocenters. The molecule has 0 aromatic heterocycles. The zero-order valence-electron chi connectivity index (χ0n) is 9.95. The Hall–Kier alpha value is -0.170. The molecule has 1 fully saturated rings. The lowest BCUT2D eigenvalue weighted by Gasteiger charge is -2.37. The van der Waals surface area contributed by atoms with E-state index in [9.17, 15) is 8.42 Å². The minimum absolute atomic E-state index is 0.362. The van der Waals surface area contributed by atoms with Gasteiger partial charge in [0, 0.05) is 32.7 Å². The Morgan fingerprint density at radius 1 is 1.33 bits per heavy atom. The molecule has 1 heterocycles. The van der Waals surface area contributed by atoms with Crippen molar-refractivity contribution >= 4 is 10.2 Å². The third-order valence-electron chi connectivity index (χ3n) is 2.69. The van der Waals surface area contributed by atoms with Crippen LogP contribution in [0.4, 0.5) is 0 Å². The molecule has 0 aliphatic carbocycles. The molecule has 1 aliphatic heterocycles. The van der Waals surface area contributed by atoms with Crippen LogP contribution in [0.5, 0.6) is 0 Å². The highest BCUT2D eigenvalue weighted by Crippen LogP contribution is 2.21. The molecule has 0 saturated carbocycles. The second-order valence-electron chi connectivity index (χ2n) is 4.71. The highest BCUT2D eigenvalue weighted by molar-refractivity contribution is 7.86. The normalized spacial score (nSPS) is 24.1. The SMILES string of the molecule is CN(C)S(=O)(=O)N1CCCNCC1(C)C. The van der Waals surface area contributed by atoms with Crippen LogP contribution in [0.25, 0.3) is 0 Å². The van der Waals surface area contributed by atoms with Crippen molar-refractivity contribution in [3.63, 3.8) is 0 Å². The molecule has 0 amide bonds. The van der Waals surface area contributed by atoms with Gasteiger partial charge >= 0.3 is 0 Å². The summed E-state index contributed by atoms with van der Waals surface area (Å²) in [6.45, 7) is 6.06. The van der Waals surface area contributed by atoms with Crippen molar-refractivity contribution in [2.75, 3.05) is 33.7 Å². The van der Waals surface area contributed by atoms with Gasteiger partial charge in [-0.1, -0.05) is 0 Å². The summed E-state index contributed by atoms with van der Waals surface area (Å²) in [7, 11) is -0.158. The van der Waals surface area contributed by atoms with E-state index in [1.807, 2.05) is 13.8 Å². The van der Waals surface area contributed by atoms with Crippen molar-refractivity contribution in [2.45, 2.75) is 25.8 Å². The molecule has 0 aromatic carbocycles. The third-order valence-corrected chi connectivity index (χ3v) is 4.84. The van der Waals surface area contributed by atoms with E-state index in [0.717, 1.165) is 13.0 Å². The summed E-state index contributed by atoms with van der Waals surface area (Å²) in [6.07, 6.45) is 0.858. The molecule has 0 radical (unpaired) electrons. The number of nitrogens with one attached hydrogen (secondary N) is 1. The minimum Gasteiger partial charge on any atom is -0.315 e. The van der Waals surface area contributed by atoms with Crippen LogP contribution in [0.2, 0.25) is 0 Å². The lowest BCUT2D eigenvalue weighted by atomic mass is 10.1. The van der Waals surface area contributed by atoms with Crippen LogP contribution in [0, 0.1) is 0 Å². The van der Waals surface area contributed by atoms with E-state index >= 15 is 0 Å². The standard InChI is InChI=1S/C9H21N3O2S/c1-9(2)8-10-6-5-7-12(9)15(13,14)11(3)4/h10H,5-8H2,1-4H3. The van der Waals surface area contributed by atoms with E-state index in [0.29, 0.717) is 13.1 Å². The van der Waals surface area contributed by atoms with Gasteiger partial charge in [0.25, 0.3) is 10.2 Å². The van der Waals surface area contributed by atoms with Gasteiger partial charge in [-0.3, -0.25) is 0 Å². The number of hydrogen-bond acceptors (Lipinski definition) is 3. The van der Waals surface area contributed by atoms with Crippen molar-refractivity contribution in [1.29, 1.82) is 0 Å². The van der Waals surface area contributed by atoms with Gasteiger partial charge in [-0.2, -0.15) is 17.0 Å². The Balaban J connectivity index is 3.00. The van der Waals surface area contributed by atoms with Crippen molar-refractivity contribution in [1.82, 2.24) is 13.9 Å². The predicted octanol–water partition coefficient (Wildman–Crippen LogP) is -0.133. The van der Waals surface area contributed by atoms with E-state index in [1.54, 1.807) is 18.4 Å². The molecule has 1 aliphatic rings. The monoisotopic (exact) mass is 235 g/mol. The van der Waals surface area contributed by atoms with Gasteiger partial charge < -0.3 is 5.32 Å². The van der Waals surface area contributed by atoms with Crippen LogP contribution in [-0.4, -0.2) is 56.3 Å². The van der Waals surface area contributed by atoms with Crippen LogP contribution in [0.3, 0.4) is 0 Å². The molecule has 6 heteroatoms. The van der Waals surface area contributed by atoms with E-state index < -0.39 is 10.2 Å². The molecule has 0 unspecified atom stereocenters. The van der Waals surface area contributed by atoms with Gasteiger partial charge in [0.15, 0.2) is 0 Å². The number of rotatable bonds is 2. The molecular formula is C9H21N3O2S. The molecule has 0 bridgehead atoms. The summed E-state index contributed by atoms with van der Waals surface area (Å²) < 4.78 is 27.0. The zero-order valence-corrected chi connectivity index (χ0v) is 10.8. The molecular weight excluding hydrogens is 214 g/mol. The summed E-state index contributed by atoms with van der Waals surface area (Å²) in [5.74, 6) is 0. The second kappa shape index (κ2) is 4.37. The van der Waals surface area contributed by atoms with Crippen LogP contribution in [0.15, 0.2) is 0 Å². The Labute approximate surface area is 92.6 Å². The molecule has 5 nitrogen and oxygen atoms in total. The lowest BCUT2D eigenvalue weighted by molar-refractivity contribution is 0.230. The van der Waals surface area contributed by atoms with Gasteiger partial charge in [-0.15, -0.1) is 0 Å². The minimum atomic E-state index is -3.30. The quantitative estimate of drug-likeness (QED) is 0.725. The highest BCUT2D eigenvalue weighted by Gasteiger charge is 2.37. The Morgan fingerprint density at radius 2 is 1.93 bits per heavy atom. The van der Waals surface area contributed by atoms with Gasteiger partial charge in [-0.25, -0.2) is 0 Å². The zero-order chi connectivity index (χ0) is 11.7. The molecule has 1 saturated heterocycles. The van der Waals surface area contributed by atoms with Crippen molar-refractivity contribution in [3.8, 4) is 0 Å². The third kappa shape index (κ3) is 2.69. The first kappa shape index (κ1) is 12.9. The molecule has 0 spiro atoms. The summed E-state index contributed by atoms with van der Waals surface area (Å²) in [6, 6.07) is 0. The topological polar surface area (TPSA) is 52.7 Å². The molecule has 0 aromatic rings. The highest BCUT2D eigenvalue weighted by atomic mass is 32.2. The second-order valence-corrected chi connectivity index (χ2v) is 6.77. The van der Waals surface area contributed by atoms with Crippen LogP contribution < -0.4 is 5.32 Å². The molecule has 1 rings (SSSR count). The van der Waals surface area contributed by atoms with Crippen LogP contribution >= 0.6 is 0 Å². The Bertz CT molecular complexity index is 311. The first-order valence-electron chi connectivity index (χ1n) is 5.19. The van der Waals surface area contributed by atoms with Gasteiger partial charge in [0.1, 0.15) is 0 Å². The summed E-state index contributed by atoms with van der Waals surface area (Å²) in [5, 5.41) is 3.25. The van der Waals surface area contributed by atoms with Crippen LogP contribution in [0.1, 0.15) is 20.3 Å². The summed E-state index contributed by atoms with van der Waals surface area (Å²) in [5.41, 5.74) is -0.362. The lowest BCUT2D eigenvalue weighted by Crippen LogP contribution is -2.54. The summed E-state index contributed by atoms with van der Waals surface area (Å²) in [4.78, 5) is 0. The van der Waals surface area contributed by atoms with Gasteiger partial charge in [0.05, 0.1) is 0 Å². The first-order chi connectivity index (χ1) is 6.78. The van der Waals surface area contributed by atoms with Crippen LogP contribution in [-0.2, 0) is 10.2 Å². The van der Waals surface area contributed by atoms with Crippen molar-refractivity contribution < 1.29 is 8.42 Å².